The number of oxime groups is 1. The molecule has 88 valence electrons. The van der Waals surface area contributed by atoms with Gasteiger partial charge in [0.15, 0.2) is 5.84 Å². The van der Waals surface area contributed by atoms with Crippen LogP contribution in [0.3, 0.4) is 0 Å². The molecule has 0 unspecified atom stereocenters. The van der Waals surface area contributed by atoms with Crippen LogP contribution in [0.1, 0.15) is 33.6 Å². The number of hydrogen-bond acceptors (Lipinski definition) is 4. The number of ether oxygens (including phenoxy) is 1. The second-order valence-electron chi connectivity index (χ2n) is 3.12. The van der Waals surface area contributed by atoms with Crippen LogP contribution < -0.4 is 11.1 Å². The average Bonchev–Trinajstić information content (AvgIpc) is 2.25. The average molecular weight is 217 g/mol. The van der Waals surface area contributed by atoms with Gasteiger partial charge in [0, 0.05) is 0 Å². The summed E-state index contributed by atoms with van der Waals surface area (Å²) in [5.41, 5.74) is 4.72. The number of alkyl carbamates (subject to hydrolysis) is 1. The van der Waals surface area contributed by atoms with Crippen LogP contribution in [0, 0.1) is 0 Å². The van der Waals surface area contributed by atoms with E-state index in [1.807, 2.05) is 13.8 Å². The molecule has 15 heavy (non-hydrogen) atoms. The summed E-state index contributed by atoms with van der Waals surface area (Å²) in [6.07, 6.45) is 0.490. The fourth-order valence-electron chi connectivity index (χ4n) is 1.31. The van der Waals surface area contributed by atoms with E-state index in [-0.39, 0.29) is 12.4 Å². The largest absolute Gasteiger partial charge is 0.450 e. The van der Waals surface area contributed by atoms with Crippen LogP contribution in [0.15, 0.2) is 5.16 Å². The topological polar surface area (TPSA) is 96.9 Å². The Hall–Kier alpha value is -1.46. The third kappa shape index (κ3) is 3.30. The minimum Gasteiger partial charge on any atom is -0.450 e. The van der Waals surface area contributed by atoms with E-state index >= 15 is 0 Å². The predicted molar refractivity (Wildman–Crippen MR) is 56.9 cm³/mol. The maximum Gasteiger partial charge on any atom is 0.407 e. The molecule has 0 atom stereocenters. The van der Waals surface area contributed by atoms with Gasteiger partial charge in [-0.1, -0.05) is 19.0 Å². The Kier molecular flexibility index (Phi) is 5.51. The molecule has 0 radical (unpaired) electrons. The van der Waals surface area contributed by atoms with Crippen LogP contribution in [0.2, 0.25) is 0 Å². The molecular weight excluding hydrogens is 198 g/mol. The molecule has 4 N–H and O–H groups in total. The molecule has 0 saturated heterocycles. The van der Waals surface area contributed by atoms with Crippen LogP contribution in [0.4, 0.5) is 4.79 Å². The Bertz CT molecular complexity index is 237. The Balaban J connectivity index is 4.72. The molecule has 1 amide bonds. The lowest BCUT2D eigenvalue weighted by molar-refractivity contribution is 0.142. The maximum atomic E-state index is 11.3. The minimum atomic E-state index is -0.832. The molecule has 0 bridgehead atoms. The number of nitrogens with one attached hydrogen (secondary N) is 1. The monoisotopic (exact) mass is 217 g/mol. The highest BCUT2D eigenvalue weighted by atomic mass is 16.5. The van der Waals surface area contributed by atoms with E-state index in [1.54, 1.807) is 6.92 Å². The normalized spacial score (nSPS) is 12.3. The third-order valence-electron chi connectivity index (χ3n) is 2.42. The van der Waals surface area contributed by atoms with Crippen molar-refractivity contribution in [3.05, 3.63) is 0 Å². The van der Waals surface area contributed by atoms with Crippen molar-refractivity contribution in [2.45, 2.75) is 39.2 Å². The van der Waals surface area contributed by atoms with Gasteiger partial charge in [0.2, 0.25) is 0 Å². The number of hydrogen-bond donors (Lipinski definition) is 3. The molecule has 0 aliphatic heterocycles. The van der Waals surface area contributed by atoms with Gasteiger partial charge in [0.25, 0.3) is 0 Å². The van der Waals surface area contributed by atoms with Crippen LogP contribution in [0.5, 0.6) is 0 Å². The first kappa shape index (κ1) is 13.5. The van der Waals surface area contributed by atoms with E-state index in [1.165, 1.54) is 0 Å². The molecule has 0 aliphatic rings. The highest BCUT2D eigenvalue weighted by Gasteiger charge is 2.33. The summed E-state index contributed by atoms with van der Waals surface area (Å²) >= 11 is 0. The van der Waals surface area contributed by atoms with Crippen molar-refractivity contribution in [1.82, 2.24) is 5.32 Å². The van der Waals surface area contributed by atoms with Crippen molar-refractivity contribution in [1.29, 1.82) is 0 Å². The van der Waals surface area contributed by atoms with Crippen molar-refractivity contribution < 1.29 is 14.7 Å². The van der Waals surface area contributed by atoms with E-state index in [0.717, 1.165) is 0 Å². The number of carbonyl (C=O) groups is 1. The Morgan fingerprint density at radius 3 is 2.33 bits per heavy atom. The lowest BCUT2D eigenvalue weighted by atomic mass is 9.92. The number of carbonyl (C=O) groups excluding carboxylic acids is 1. The zero-order valence-electron chi connectivity index (χ0n) is 9.41. The van der Waals surface area contributed by atoms with E-state index in [2.05, 4.69) is 10.5 Å². The SMILES string of the molecule is CCOC(=O)NC(CC)(CC)/C(N)=N/O. The van der Waals surface area contributed by atoms with Gasteiger partial charge in [-0.2, -0.15) is 0 Å². The Labute approximate surface area is 89.5 Å². The standard InChI is InChI=1S/C9H19N3O3/c1-4-9(5-2,7(10)12-14)11-8(13)15-6-3/h14H,4-6H2,1-3H3,(H2,10,12)(H,11,13). The smallest absolute Gasteiger partial charge is 0.407 e. The molecule has 0 heterocycles. The van der Waals surface area contributed by atoms with Gasteiger partial charge >= 0.3 is 6.09 Å². The van der Waals surface area contributed by atoms with Crippen LogP contribution >= 0.6 is 0 Å². The molecule has 0 aromatic carbocycles. The van der Waals surface area contributed by atoms with E-state index in [4.69, 9.17) is 15.7 Å². The van der Waals surface area contributed by atoms with Gasteiger partial charge in [-0.05, 0) is 19.8 Å². The van der Waals surface area contributed by atoms with Crippen LogP contribution in [0.25, 0.3) is 0 Å². The first-order valence-electron chi connectivity index (χ1n) is 4.99. The van der Waals surface area contributed by atoms with Crippen molar-refractivity contribution >= 4 is 11.9 Å². The molecule has 6 nitrogen and oxygen atoms in total. The number of rotatable bonds is 5. The maximum absolute atomic E-state index is 11.3. The molecule has 0 saturated carbocycles. The molecule has 0 aromatic heterocycles. The molecule has 0 aromatic rings. The molecule has 6 heteroatoms. The Morgan fingerprint density at radius 1 is 1.47 bits per heavy atom. The van der Waals surface area contributed by atoms with E-state index in [9.17, 15) is 4.79 Å². The zero-order valence-corrected chi connectivity index (χ0v) is 9.41. The summed E-state index contributed by atoms with van der Waals surface area (Å²) in [6, 6.07) is 0. The van der Waals surface area contributed by atoms with Crippen LogP contribution in [-0.4, -0.2) is 29.3 Å². The van der Waals surface area contributed by atoms with Crippen molar-refractivity contribution in [2.24, 2.45) is 10.9 Å². The number of nitrogens with zero attached hydrogens (tertiary/aromatic N) is 1. The molecular formula is C9H19N3O3. The van der Waals surface area contributed by atoms with Gasteiger partial charge in [0.05, 0.1) is 6.61 Å². The minimum absolute atomic E-state index is 0.0134. The number of amides is 1. The summed E-state index contributed by atoms with van der Waals surface area (Å²) in [4.78, 5) is 11.3. The Morgan fingerprint density at radius 2 is 2.00 bits per heavy atom. The second-order valence-corrected chi connectivity index (χ2v) is 3.12. The number of nitrogens with two attached hydrogens (primary N) is 1. The van der Waals surface area contributed by atoms with Gasteiger partial charge in [-0.3, -0.25) is 0 Å². The fraction of sp³-hybridized carbons (Fsp3) is 0.778. The fourth-order valence-corrected chi connectivity index (χ4v) is 1.31. The summed E-state index contributed by atoms with van der Waals surface area (Å²) in [5.74, 6) is -0.0134. The summed E-state index contributed by atoms with van der Waals surface area (Å²) in [7, 11) is 0. The van der Waals surface area contributed by atoms with E-state index in [0.29, 0.717) is 12.8 Å². The summed E-state index contributed by atoms with van der Waals surface area (Å²) in [5, 5.41) is 14.2. The quantitative estimate of drug-likeness (QED) is 0.277. The van der Waals surface area contributed by atoms with E-state index < -0.39 is 11.6 Å². The molecule has 0 aliphatic carbocycles. The number of amidine groups is 1. The van der Waals surface area contributed by atoms with Crippen molar-refractivity contribution in [3.63, 3.8) is 0 Å². The highest BCUT2D eigenvalue weighted by Crippen LogP contribution is 2.15. The summed E-state index contributed by atoms with van der Waals surface area (Å²) in [6.45, 7) is 5.68. The highest BCUT2D eigenvalue weighted by molar-refractivity contribution is 5.92. The first-order chi connectivity index (χ1) is 7.06. The lowest BCUT2D eigenvalue weighted by Gasteiger charge is -2.30. The molecule has 0 fully saturated rings. The predicted octanol–water partition coefficient (Wildman–Crippen LogP) is 1.04. The van der Waals surface area contributed by atoms with Crippen molar-refractivity contribution in [3.8, 4) is 0 Å². The second kappa shape index (κ2) is 6.10. The lowest BCUT2D eigenvalue weighted by Crippen LogP contribution is -2.57. The van der Waals surface area contributed by atoms with Gasteiger partial charge in [-0.25, -0.2) is 4.79 Å². The van der Waals surface area contributed by atoms with Gasteiger partial charge < -0.3 is 21.0 Å². The molecule has 0 rings (SSSR count). The summed E-state index contributed by atoms with van der Waals surface area (Å²) < 4.78 is 4.75. The molecule has 0 spiro atoms. The van der Waals surface area contributed by atoms with Gasteiger partial charge in [0.1, 0.15) is 5.54 Å². The van der Waals surface area contributed by atoms with Crippen molar-refractivity contribution in [2.75, 3.05) is 6.61 Å². The van der Waals surface area contributed by atoms with Crippen LogP contribution in [-0.2, 0) is 4.74 Å². The first-order valence-corrected chi connectivity index (χ1v) is 4.99. The van der Waals surface area contributed by atoms with Gasteiger partial charge in [-0.15, -0.1) is 0 Å². The third-order valence-corrected chi connectivity index (χ3v) is 2.42. The zero-order chi connectivity index (χ0) is 11.9.